The lowest BCUT2D eigenvalue weighted by Crippen LogP contribution is -1.96. The minimum absolute atomic E-state index is 0.117. The highest BCUT2D eigenvalue weighted by atomic mass is 79.9. The fraction of sp³-hybridized carbons (Fsp3) is 0.200. The molecule has 0 bridgehead atoms. The van der Waals surface area contributed by atoms with Crippen LogP contribution in [0.5, 0.6) is 0 Å². The molecule has 0 saturated heterocycles. The van der Waals surface area contributed by atoms with E-state index in [1.807, 2.05) is 6.07 Å². The van der Waals surface area contributed by atoms with Crippen LogP contribution in [-0.2, 0) is 9.84 Å². The van der Waals surface area contributed by atoms with Gasteiger partial charge in [-0.2, -0.15) is 0 Å². The van der Waals surface area contributed by atoms with Crippen molar-refractivity contribution in [1.29, 1.82) is 0 Å². The third kappa shape index (κ3) is 4.49. The fourth-order valence-electron chi connectivity index (χ4n) is 0.853. The van der Waals surface area contributed by atoms with E-state index in [9.17, 15) is 8.42 Å². The lowest BCUT2D eigenvalue weighted by atomic mass is 10.4. The molecule has 1 rings (SSSR count). The average Bonchev–Trinajstić information content (AvgIpc) is 2.21. The van der Waals surface area contributed by atoms with Crippen LogP contribution < -0.4 is 0 Å². The molecule has 2 nitrogen and oxygen atoms in total. The number of benzene rings is 1. The van der Waals surface area contributed by atoms with Gasteiger partial charge in [0.05, 0.1) is 5.75 Å². The van der Waals surface area contributed by atoms with Gasteiger partial charge in [0.25, 0.3) is 0 Å². The molecule has 88 valence electrons. The summed E-state index contributed by atoms with van der Waals surface area (Å²) in [6.45, 7) is 1.61. The largest absolute Gasteiger partial charge is 0.224 e. The van der Waals surface area contributed by atoms with Gasteiger partial charge in [0, 0.05) is 19.8 Å². The molecule has 0 amide bonds. The van der Waals surface area contributed by atoms with Gasteiger partial charge in [-0.3, -0.25) is 0 Å². The third-order valence-corrected chi connectivity index (χ3v) is 5.32. The van der Waals surface area contributed by atoms with Crippen LogP contribution in [0, 0.1) is 0 Å². The Morgan fingerprint density at radius 1 is 1.50 bits per heavy atom. The summed E-state index contributed by atoms with van der Waals surface area (Å²) in [4.78, 5) is 0.923. The number of thioether (sulfide) groups is 1. The summed E-state index contributed by atoms with van der Waals surface area (Å²) < 4.78 is 23.2. The molecule has 0 radical (unpaired) electrons. The van der Waals surface area contributed by atoms with Gasteiger partial charge in [-0.05, 0) is 39.5 Å². The molecule has 0 N–H and O–H groups in total. The highest BCUT2D eigenvalue weighted by Crippen LogP contribution is 2.30. The summed E-state index contributed by atoms with van der Waals surface area (Å²) in [5.74, 6) is 0.117. The molecule has 1 aromatic carbocycles. The molecule has 0 aliphatic heterocycles. The standard InChI is InChI=1S/C10H10BrClO2S2/c1-2-16(13,14)6-5-15-10-4-3-8(12)7-9(10)11/h3-7H,2H2,1H3. The second kappa shape index (κ2) is 6.10. The summed E-state index contributed by atoms with van der Waals surface area (Å²) in [7, 11) is -3.05. The zero-order chi connectivity index (χ0) is 12.2. The molecular weight excluding hydrogens is 332 g/mol. The van der Waals surface area contributed by atoms with Crippen LogP contribution >= 0.6 is 39.3 Å². The van der Waals surface area contributed by atoms with E-state index in [4.69, 9.17) is 11.6 Å². The van der Waals surface area contributed by atoms with E-state index in [-0.39, 0.29) is 5.75 Å². The summed E-state index contributed by atoms with van der Waals surface area (Å²) in [6, 6.07) is 5.36. The molecule has 0 spiro atoms. The molecule has 6 heteroatoms. The van der Waals surface area contributed by atoms with Crippen LogP contribution in [0.3, 0.4) is 0 Å². The molecule has 0 saturated carbocycles. The van der Waals surface area contributed by atoms with Gasteiger partial charge in [-0.1, -0.05) is 30.3 Å². The Labute approximate surface area is 113 Å². The van der Waals surface area contributed by atoms with Crippen LogP contribution in [0.2, 0.25) is 5.02 Å². The summed E-state index contributed by atoms with van der Waals surface area (Å²) in [5.41, 5.74) is 0. The van der Waals surface area contributed by atoms with Crippen molar-refractivity contribution in [2.45, 2.75) is 11.8 Å². The zero-order valence-electron chi connectivity index (χ0n) is 8.48. The smallest absolute Gasteiger partial charge is 0.171 e. The molecule has 0 heterocycles. The maximum absolute atomic E-state index is 11.2. The Kier molecular flexibility index (Phi) is 5.37. The van der Waals surface area contributed by atoms with Gasteiger partial charge in [0.1, 0.15) is 0 Å². The minimum atomic E-state index is -3.05. The summed E-state index contributed by atoms with van der Waals surface area (Å²) in [6.07, 6.45) is 0. The van der Waals surface area contributed by atoms with E-state index in [0.717, 1.165) is 9.37 Å². The van der Waals surface area contributed by atoms with E-state index < -0.39 is 9.84 Å². The SMILES string of the molecule is CCS(=O)(=O)C=CSc1ccc(Cl)cc1Br. The fourth-order valence-corrected chi connectivity index (χ4v) is 3.37. The first kappa shape index (κ1) is 14.1. The Morgan fingerprint density at radius 3 is 2.75 bits per heavy atom. The van der Waals surface area contributed by atoms with Crippen molar-refractivity contribution < 1.29 is 8.42 Å². The maximum atomic E-state index is 11.2. The topological polar surface area (TPSA) is 34.1 Å². The van der Waals surface area contributed by atoms with Gasteiger partial charge in [0.15, 0.2) is 9.84 Å². The molecule has 0 aliphatic carbocycles. The number of halogens is 2. The van der Waals surface area contributed by atoms with Crippen LogP contribution in [0.15, 0.2) is 38.4 Å². The maximum Gasteiger partial charge on any atom is 0.171 e. The van der Waals surface area contributed by atoms with Crippen molar-refractivity contribution in [1.82, 2.24) is 0 Å². The predicted molar refractivity (Wildman–Crippen MR) is 73.6 cm³/mol. The monoisotopic (exact) mass is 340 g/mol. The Balaban J connectivity index is 2.76. The number of hydrogen-bond acceptors (Lipinski definition) is 3. The predicted octanol–water partition coefficient (Wildman–Crippen LogP) is 4.10. The Morgan fingerprint density at radius 2 is 2.19 bits per heavy atom. The van der Waals surface area contributed by atoms with Crippen LogP contribution in [0.1, 0.15) is 6.92 Å². The lowest BCUT2D eigenvalue weighted by molar-refractivity contribution is 0.606. The second-order valence-corrected chi connectivity index (χ2v) is 7.33. The molecule has 1 aromatic rings. The quantitative estimate of drug-likeness (QED) is 0.773. The number of rotatable bonds is 4. The van der Waals surface area contributed by atoms with Gasteiger partial charge in [-0.15, -0.1) is 0 Å². The second-order valence-electron chi connectivity index (χ2n) is 2.92. The van der Waals surface area contributed by atoms with E-state index in [1.165, 1.54) is 17.2 Å². The van der Waals surface area contributed by atoms with Crippen LogP contribution in [-0.4, -0.2) is 14.2 Å². The first-order chi connectivity index (χ1) is 7.44. The molecule has 0 fully saturated rings. The number of sulfone groups is 1. The van der Waals surface area contributed by atoms with Crippen molar-refractivity contribution in [3.05, 3.63) is 38.5 Å². The molecule has 0 aromatic heterocycles. The highest BCUT2D eigenvalue weighted by Gasteiger charge is 2.02. The normalized spacial score (nSPS) is 12.2. The highest BCUT2D eigenvalue weighted by molar-refractivity contribution is 9.10. The van der Waals surface area contributed by atoms with Crippen molar-refractivity contribution in [3.63, 3.8) is 0 Å². The minimum Gasteiger partial charge on any atom is -0.224 e. The van der Waals surface area contributed by atoms with E-state index in [0.29, 0.717) is 5.02 Å². The van der Waals surface area contributed by atoms with Crippen LogP contribution in [0.25, 0.3) is 0 Å². The molecule has 0 aliphatic rings. The van der Waals surface area contributed by atoms with Crippen LogP contribution in [0.4, 0.5) is 0 Å². The van der Waals surface area contributed by atoms with Gasteiger partial charge in [-0.25, -0.2) is 8.42 Å². The molecule has 16 heavy (non-hydrogen) atoms. The lowest BCUT2D eigenvalue weighted by Gasteiger charge is -2.00. The van der Waals surface area contributed by atoms with E-state index in [2.05, 4.69) is 15.9 Å². The Bertz CT molecular complexity index is 498. The summed E-state index contributed by atoms with van der Waals surface area (Å²) >= 11 is 10.5. The first-order valence-electron chi connectivity index (χ1n) is 4.45. The third-order valence-electron chi connectivity index (χ3n) is 1.75. The van der Waals surface area contributed by atoms with E-state index >= 15 is 0 Å². The van der Waals surface area contributed by atoms with Crippen molar-refractivity contribution in [2.24, 2.45) is 0 Å². The number of hydrogen-bond donors (Lipinski definition) is 0. The average molecular weight is 342 g/mol. The molecule has 0 unspecified atom stereocenters. The zero-order valence-corrected chi connectivity index (χ0v) is 12.5. The molecule has 0 atom stereocenters. The van der Waals surface area contributed by atoms with Gasteiger partial charge >= 0.3 is 0 Å². The Hall–Kier alpha value is 0.0300. The van der Waals surface area contributed by atoms with Crippen molar-refractivity contribution in [3.8, 4) is 0 Å². The van der Waals surface area contributed by atoms with Crippen molar-refractivity contribution in [2.75, 3.05) is 5.75 Å². The van der Waals surface area contributed by atoms with E-state index in [1.54, 1.807) is 24.5 Å². The molecular formula is C10H10BrClO2S2. The van der Waals surface area contributed by atoms with Gasteiger partial charge < -0.3 is 0 Å². The summed E-state index contributed by atoms with van der Waals surface area (Å²) in [5, 5.41) is 3.42. The first-order valence-corrected chi connectivity index (χ1v) is 8.22. The van der Waals surface area contributed by atoms with Crippen molar-refractivity contribution >= 4 is 49.1 Å². The van der Waals surface area contributed by atoms with Gasteiger partial charge in [0.2, 0.25) is 0 Å².